The number of carbonyl (C=O) groups is 1. The Kier molecular flexibility index (Phi) is 9.19. The molecule has 0 unspecified atom stereocenters. The summed E-state index contributed by atoms with van der Waals surface area (Å²) in [5.41, 5.74) is 1.21. The fourth-order valence-electron chi connectivity index (χ4n) is 3.68. The molecule has 3 aromatic rings. The lowest BCUT2D eigenvalue weighted by Gasteiger charge is -2.24. The van der Waals surface area contributed by atoms with Crippen LogP contribution in [-0.2, 0) is 24.0 Å². The van der Waals surface area contributed by atoms with E-state index in [1.807, 2.05) is 35.8 Å². The van der Waals surface area contributed by atoms with Crippen LogP contribution in [0.4, 0.5) is 23.7 Å². The van der Waals surface area contributed by atoms with Crippen LogP contribution < -0.4 is 10.1 Å². The number of nitrogens with zero attached hydrogens (tertiary/aromatic N) is 2. The lowest BCUT2D eigenvalue weighted by molar-refractivity contribution is -0.137. The Morgan fingerprint density at radius 1 is 1.09 bits per heavy atom. The Balaban J connectivity index is 1.77. The standard InChI is InChI=1S/C26H30F3N3O3/c1-3-35-24-13-5-4-12-23(24)30-25(33)32(15-8-16-34-2)19-22-11-7-14-31(22)18-20-9-6-10-21(17-20)26(27,28)29/h4-7,9-14,17H,3,8,15-16,18-19H2,1-2H3,(H,30,33). The van der Waals surface area contributed by atoms with Gasteiger partial charge in [-0.05, 0) is 55.3 Å². The molecule has 6 nitrogen and oxygen atoms in total. The Hall–Kier alpha value is -3.46. The molecule has 2 aromatic carbocycles. The highest BCUT2D eigenvalue weighted by Crippen LogP contribution is 2.30. The van der Waals surface area contributed by atoms with Crippen LogP contribution in [-0.4, -0.2) is 42.4 Å². The summed E-state index contributed by atoms with van der Waals surface area (Å²) in [6.45, 7) is 3.79. The molecular formula is C26H30F3N3O3. The largest absolute Gasteiger partial charge is 0.492 e. The van der Waals surface area contributed by atoms with Crippen molar-refractivity contribution >= 4 is 11.7 Å². The number of hydrogen-bond acceptors (Lipinski definition) is 3. The topological polar surface area (TPSA) is 55.7 Å². The first kappa shape index (κ1) is 26.2. The van der Waals surface area contributed by atoms with Gasteiger partial charge in [-0.1, -0.05) is 24.3 Å². The number of nitrogens with one attached hydrogen (secondary N) is 1. The second kappa shape index (κ2) is 12.3. The van der Waals surface area contributed by atoms with Gasteiger partial charge >= 0.3 is 12.2 Å². The van der Waals surface area contributed by atoms with Crippen molar-refractivity contribution in [1.29, 1.82) is 0 Å². The van der Waals surface area contributed by atoms with Gasteiger partial charge < -0.3 is 24.3 Å². The maximum atomic E-state index is 13.2. The van der Waals surface area contributed by atoms with Crippen molar-refractivity contribution < 1.29 is 27.4 Å². The fraction of sp³-hybridized carbons (Fsp3) is 0.346. The number of rotatable bonds is 11. The van der Waals surface area contributed by atoms with E-state index in [1.165, 1.54) is 6.07 Å². The Bertz CT molecular complexity index is 1100. The van der Waals surface area contributed by atoms with Crippen molar-refractivity contribution in [2.45, 2.75) is 32.6 Å². The molecule has 0 fully saturated rings. The summed E-state index contributed by atoms with van der Waals surface area (Å²) in [6, 6.07) is 15.8. The number of carbonyl (C=O) groups excluding carboxylic acids is 1. The van der Waals surface area contributed by atoms with Crippen molar-refractivity contribution in [3.63, 3.8) is 0 Å². The molecule has 0 saturated carbocycles. The summed E-state index contributed by atoms with van der Waals surface area (Å²) < 4.78 is 51.9. The third-order valence-electron chi connectivity index (χ3n) is 5.38. The number of aromatic nitrogens is 1. The zero-order valence-electron chi connectivity index (χ0n) is 19.8. The summed E-state index contributed by atoms with van der Waals surface area (Å²) in [5, 5.41) is 2.91. The number of alkyl halides is 3. The molecule has 0 aliphatic carbocycles. The Labute approximate surface area is 203 Å². The number of urea groups is 1. The smallest absolute Gasteiger partial charge is 0.416 e. The number of benzene rings is 2. The lowest BCUT2D eigenvalue weighted by Crippen LogP contribution is -2.36. The number of halogens is 3. The zero-order valence-corrected chi connectivity index (χ0v) is 19.8. The molecule has 35 heavy (non-hydrogen) atoms. The fourth-order valence-corrected chi connectivity index (χ4v) is 3.68. The summed E-state index contributed by atoms with van der Waals surface area (Å²) >= 11 is 0. The molecule has 3 rings (SSSR count). The van der Waals surface area contributed by atoms with Crippen molar-refractivity contribution in [2.75, 3.05) is 32.2 Å². The molecule has 1 heterocycles. The van der Waals surface area contributed by atoms with E-state index in [0.717, 1.165) is 17.8 Å². The average molecular weight is 490 g/mol. The molecule has 0 spiro atoms. The average Bonchev–Trinajstić information content (AvgIpc) is 3.26. The molecule has 0 radical (unpaired) electrons. The van der Waals surface area contributed by atoms with Gasteiger partial charge in [0.15, 0.2) is 0 Å². The van der Waals surface area contributed by atoms with Gasteiger partial charge in [-0.15, -0.1) is 0 Å². The van der Waals surface area contributed by atoms with E-state index in [1.54, 1.807) is 36.4 Å². The maximum absolute atomic E-state index is 13.2. The van der Waals surface area contributed by atoms with Gasteiger partial charge in [-0.3, -0.25) is 0 Å². The summed E-state index contributed by atoms with van der Waals surface area (Å²) in [5.74, 6) is 0.577. The van der Waals surface area contributed by atoms with Gasteiger partial charge in [0.25, 0.3) is 0 Å². The second-order valence-corrected chi connectivity index (χ2v) is 7.95. The first-order chi connectivity index (χ1) is 16.8. The van der Waals surface area contributed by atoms with Gasteiger partial charge in [0.05, 0.1) is 24.4 Å². The van der Waals surface area contributed by atoms with Gasteiger partial charge in [-0.2, -0.15) is 13.2 Å². The number of para-hydroxylation sites is 2. The van der Waals surface area contributed by atoms with Crippen molar-refractivity contribution in [3.8, 4) is 5.75 Å². The number of methoxy groups -OCH3 is 1. The van der Waals surface area contributed by atoms with Crippen LogP contribution in [0, 0.1) is 0 Å². The molecule has 188 valence electrons. The van der Waals surface area contributed by atoms with Crippen LogP contribution in [0.3, 0.4) is 0 Å². The van der Waals surface area contributed by atoms with E-state index in [4.69, 9.17) is 9.47 Å². The number of hydrogen-bond donors (Lipinski definition) is 1. The maximum Gasteiger partial charge on any atom is 0.416 e. The minimum Gasteiger partial charge on any atom is -0.492 e. The predicted molar refractivity (Wildman–Crippen MR) is 129 cm³/mol. The van der Waals surface area contributed by atoms with Crippen LogP contribution in [0.25, 0.3) is 0 Å². The van der Waals surface area contributed by atoms with Crippen LogP contribution in [0.1, 0.15) is 30.2 Å². The molecule has 1 aromatic heterocycles. The molecule has 0 aliphatic heterocycles. The molecule has 1 N–H and O–H groups in total. The molecule has 0 saturated heterocycles. The van der Waals surface area contributed by atoms with Gasteiger partial charge in [-0.25, -0.2) is 4.79 Å². The van der Waals surface area contributed by atoms with Crippen LogP contribution in [0.5, 0.6) is 5.75 Å². The van der Waals surface area contributed by atoms with Gasteiger partial charge in [0.1, 0.15) is 5.75 Å². The minimum absolute atomic E-state index is 0.257. The normalized spacial score (nSPS) is 11.3. The summed E-state index contributed by atoms with van der Waals surface area (Å²) in [7, 11) is 1.60. The first-order valence-electron chi connectivity index (χ1n) is 11.4. The highest BCUT2D eigenvalue weighted by molar-refractivity contribution is 5.91. The highest BCUT2D eigenvalue weighted by atomic mass is 19.4. The zero-order chi connectivity index (χ0) is 25.3. The molecule has 9 heteroatoms. The Morgan fingerprint density at radius 2 is 1.89 bits per heavy atom. The highest BCUT2D eigenvalue weighted by Gasteiger charge is 2.30. The van der Waals surface area contributed by atoms with Crippen LogP contribution >= 0.6 is 0 Å². The van der Waals surface area contributed by atoms with E-state index in [0.29, 0.717) is 43.2 Å². The molecule has 2 amide bonds. The predicted octanol–water partition coefficient (Wildman–Crippen LogP) is 6.02. The monoisotopic (exact) mass is 489 g/mol. The van der Waals surface area contributed by atoms with Crippen LogP contribution in [0.2, 0.25) is 0 Å². The third-order valence-corrected chi connectivity index (χ3v) is 5.38. The molecular weight excluding hydrogens is 459 g/mol. The Morgan fingerprint density at radius 3 is 2.63 bits per heavy atom. The van der Waals surface area contributed by atoms with E-state index in [2.05, 4.69) is 5.32 Å². The van der Waals surface area contributed by atoms with E-state index >= 15 is 0 Å². The number of ether oxygens (including phenoxy) is 2. The summed E-state index contributed by atoms with van der Waals surface area (Å²) in [4.78, 5) is 14.9. The quantitative estimate of drug-likeness (QED) is 0.335. The van der Waals surface area contributed by atoms with Crippen LogP contribution in [0.15, 0.2) is 66.9 Å². The SMILES string of the molecule is CCOc1ccccc1NC(=O)N(CCCOC)Cc1cccn1Cc1cccc(C(F)(F)F)c1. The van der Waals surface area contributed by atoms with E-state index in [9.17, 15) is 18.0 Å². The molecule has 0 aliphatic rings. The van der Waals surface area contributed by atoms with E-state index < -0.39 is 11.7 Å². The van der Waals surface area contributed by atoms with Crippen molar-refractivity contribution in [3.05, 3.63) is 83.7 Å². The third kappa shape index (κ3) is 7.51. The van der Waals surface area contributed by atoms with Crippen molar-refractivity contribution in [1.82, 2.24) is 9.47 Å². The number of anilines is 1. The lowest BCUT2D eigenvalue weighted by atomic mass is 10.1. The summed E-state index contributed by atoms with van der Waals surface area (Å²) in [6.07, 6.45) is -1.97. The van der Waals surface area contributed by atoms with Gasteiger partial charge in [0.2, 0.25) is 0 Å². The van der Waals surface area contributed by atoms with Crippen molar-refractivity contribution in [2.24, 2.45) is 0 Å². The van der Waals surface area contributed by atoms with E-state index in [-0.39, 0.29) is 19.1 Å². The second-order valence-electron chi connectivity index (χ2n) is 7.95. The number of amides is 2. The minimum atomic E-state index is -4.40. The molecule has 0 bridgehead atoms. The molecule has 0 atom stereocenters. The first-order valence-corrected chi connectivity index (χ1v) is 11.4. The van der Waals surface area contributed by atoms with Gasteiger partial charge in [0, 0.05) is 38.7 Å².